The lowest BCUT2D eigenvalue weighted by Gasteiger charge is -2.19. The molecule has 0 unspecified atom stereocenters. The number of nitrogens with two attached hydrogens (primary N) is 1. The molecule has 17 heavy (non-hydrogen) atoms. The lowest BCUT2D eigenvalue weighted by Crippen LogP contribution is -2.18. The van der Waals surface area contributed by atoms with Crippen LogP contribution < -0.4 is 11.3 Å². The molecule has 96 valence electrons. The number of aryl methyl sites for hydroxylation is 1. The minimum Gasteiger partial charge on any atom is -0.308 e. The van der Waals surface area contributed by atoms with Gasteiger partial charge in [0.15, 0.2) is 0 Å². The Hall–Kier alpha value is -1.16. The van der Waals surface area contributed by atoms with E-state index in [0.29, 0.717) is 11.7 Å². The highest BCUT2D eigenvalue weighted by Crippen LogP contribution is 2.22. The number of nitrogens with zero attached hydrogens (tertiary/aromatic N) is 2. The van der Waals surface area contributed by atoms with Crippen LogP contribution >= 0.6 is 0 Å². The van der Waals surface area contributed by atoms with Crippen molar-refractivity contribution in [3.05, 3.63) is 17.6 Å². The fourth-order valence-electron chi connectivity index (χ4n) is 1.48. The van der Waals surface area contributed by atoms with Crippen molar-refractivity contribution in [2.45, 2.75) is 52.9 Å². The van der Waals surface area contributed by atoms with Gasteiger partial charge in [-0.15, -0.1) is 0 Å². The molecule has 1 heterocycles. The van der Waals surface area contributed by atoms with Gasteiger partial charge in [-0.1, -0.05) is 34.6 Å². The third kappa shape index (κ3) is 4.30. The maximum atomic E-state index is 5.45. The summed E-state index contributed by atoms with van der Waals surface area (Å²) in [6, 6.07) is 1.92. The van der Waals surface area contributed by atoms with Crippen molar-refractivity contribution in [3.63, 3.8) is 0 Å². The van der Waals surface area contributed by atoms with Gasteiger partial charge in [-0.25, -0.2) is 15.8 Å². The molecule has 0 atom stereocenters. The minimum absolute atomic E-state index is 0.0150. The van der Waals surface area contributed by atoms with Crippen molar-refractivity contribution in [2.24, 2.45) is 11.8 Å². The molecule has 0 aliphatic heterocycles. The van der Waals surface area contributed by atoms with Crippen LogP contribution in [0.5, 0.6) is 0 Å². The number of anilines is 1. The van der Waals surface area contributed by atoms with Gasteiger partial charge in [-0.05, 0) is 12.3 Å². The van der Waals surface area contributed by atoms with Gasteiger partial charge in [-0.2, -0.15) is 0 Å². The average Bonchev–Trinajstić information content (AvgIpc) is 2.24. The molecule has 1 aromatic rings. The largest absolute Gasteiger partial charge is 0.308 e. The smallest absolute Gasteiger partial charge is 0.143 e. The van der Waals surface area contributed by atoms with Crippen molar-refractivity contribution >= 4 is 5.82 Å². The molecule has 0 amide bonds. The molecule has 0 spiro atoms. The van der Waals surface area contributed by atoms with Crippen LogP contribution in [0.3, 0.4) is 0 Å². The molecule has 0 aliphatic rings. The first-order valence-corrected chi connectivity index (χ1v) is 6.18. The van der Waals surface area contributed by atoms with Gasteiger partial charge in [0.05, 0.1) is 5.69 Å². The monoisotopic (exact) mass is 236 g/mol. The summed E-state index contributed by atoms with van der Waals surface area (Å²) >= 11 is 0. The van der Waals surface area contributed by atoms with E-state index in [2.05, 4.69) is 50.0 Å². The van der Waals surface area contributed by atoms with Crippen molar-refractivity contribution in [2.75, 3.05) is 5.43 Å². The first kappa shape index (κ1) is 13.9. The summed E-state index contributed by atoms with van der Waals surface area (Å²) in [7, 11) is 0. The Kier molecular flexibility index (Phi) is 4.46. The molecule has 3 N–H and O–H groups in total. The second-order valence-corrected chi connectivity index (χ2v) is 5.88. The highest BCUT2D eigenvalue weighted by atomic mass is 15.3. The van der Waals surface area contributed by atoms with Crippen LogP contribution in [0, 0.1) is 5.92 Å². The molecule has 0 saturated carbocycles. The van der Waals surface area contributed by atoms with Gasteiger partial charge in [0.2, 0.25) is 0 Å². The van der Waals surface area contributed by atoms with E-state index in [-0.39, 0.29) is 5.41 Å². The highest BCUT2D eigenvalue weighted by Gasteiger charge is 2.17. The minimum atomic E-state index is 0.0150. The molecule has 0 radical (unpaired) electrons. The first-order valence-electron chi connectivity index (χ1n) is 6.18. The molecule has 0 aromatic carbocycles. The van der Waals surface area contributed by atoms with Crippen molar-refractivity contribution in [1.82, 2.24) is 9.97 Å². The number of nitrogens with one attached hydrogen (secondary N) is 1. The van der Waals surface area contributed by atoms with Gasteiger partial charge in [-0.3, -0.25) is 0 Å². The number of aromatic nitrogens is 2. The SMILES string of the molecule is CC(C)CCc1nc(NN)cc(C(C)(C)C)n1. The first-order chi connectivity index (χ1) is 7.82. The zero-order valence-corrected chi connectivity index (χ0v) is 11.5. The summed E-state index contributed by atoms with van der Waals surface area (Å²) in [5, 5.41) is 0. The van der Waals surface area contributed by atoms with E-state index in [9.17, 15) is 0 Å². The Morgan fingerprint density at radius 3 is 2.41 bits per heavy atom. The number of hydrazine groups is 1. The molecule has 0 bridgehead atoms. The molecule has 1 aromatic heterocycles. The average molecular weight is 236 g/mol. The Bertz CT molecular complexity index is 366. The normalized spacial score (nSPS) is 11.9. The lowest BCUT2D eigenvalue weighted by atomic mass is 9.92. The summed E-state index contributed by atoms with van der Waals surface area (Å²) in [6.07, 6.45) is 1.99. The maximum Gasteiger partial charge on any atom is 0.143 e. The van der Waals surface area contributed by atoms with Crippen LogP contribution in [-0.4, -0.2) is 9.97 Å². The lowest BCUT2D eigenvalue weighted by molar-refractivity contribution is 0.546. The van der Waals surface area contributed by atoms with Gasteiger partial charge in [0.25, 0.3) is 0 Å². The molecule has 4 heteroatoms. The zero-order chi connectivity index (χ0) is 13.1. The Labute approximate surface area is 104 Å². The Morgan fingerprint density at radius 2 is 1.94 bits per heavy atom. The number of hydrogen-bond acceptors (Lipinski definition) is 4. The van der Waals surface area contributed by atoms with Crippen LogP contribution in [-0.2, 0) is 11.8 Å². The standard InChI is InChI=1S/C13H24N4/c1-9(2)6-7-11-15-10(13(3,4)5)8-12(16-11)17-14/h8-9H,6-7,14H2,1-5H3,(H,15,16,17). The van der Waals surface area contributed by atoms with E-state index in [1.807, 2.05) is 6.07 Å². The third-order valence-electron chi connectivity index (χ3n) is 2.63. The molecule has 0 saturated heterocycles. The molecule has 0 fully saturated rings. The van der Waals surface area contributed by atoms with Crippen molar-refractivity contribution in [1.29, 1.82) is 0 Å². The van der Waals surface area contributed by atoms with Crippen LogP contribution in [0.1, 0.15) is 52.6 Å². The summed E-state index contributed by atoms with van der Waals surface area (Å²) in [5.74, 6) is 7.68. The van der Waals surface area contributed by atoms with Crippen molar-refractivity contribution < 1.29 is 0 Å². The van der Waals surface area contributed by atoms with E-state index >= 15 is 0 Å². The highest BCUT2D eigenvalue weighted by molar-refractivity contribution is 5.36. The quantitative estimate of drug-likeness (QED) is 0.623. The van der Waals surface area contributed by atoms with Crippen LogP contribution in [0.2, 0.25) is 0 Å². The summed E-state index contributed by atoms with van der Waals surface area (Å²) in [6.45, 7) is 10.8. The Balaban J connectivity index is 2.97. The summed E-state index contributed by atoms with van der Waals surface area (Å²) < 4.78 is 0. The second-order valence-electron chi connectivity index (χ2n) is 5.88. The van der Waals surface area contributed by atoms with E-state index in [4.69, 9.17) is 5.84 Å². The predicted octanol–water partition coefficient (Wildman–Crippen LogP) is 2.65. The second kappa shape index (κ2) is 5.45. The molecular weight excluding hydrogens is 212 g/mol. The van der Waals surface area contributed by atoms with Gasteiger partial charge in [0.1, 0.15) is 11.6 Å². The molecular formula is C13H24N4. The van der Waals surface area contributed by atoms with E-state index < -0.39 is 0 Å². The van der Waals surface area contributed by atoms with Gasteiger partial charge < -0.3 is 5.43 Å². The number of hydrogen-bond donors (Lipinski definition) is 2. The topological polar surface area (TPSA) is 63.8 Å². The van der Waals surface area contributed by atoms with E-state index in [1.165, 1.54) is 0 Å². The maximum absolute atomic E-state index is 5.45. The van der Waals surface area contributed by atoms with E-state index in [0.717, 1.165) is 24.4 Å². The summed E-state index contributed by atoms with van der Waals surface area (Å²) in [5.41, 5.74) is 3.66. The fourth-order valence-corrected chi connectivity index (χ4v) is 1.48. The molecule has 4 nitrogen and oxygen atoms in total. The Morgan fingerprint density at radius 1 is 1.29 bits per heavy atom. The number of nitrogen functional groups attached to an aromatic ring is 1. The predicted molar refractivity (Wildman–Crippen MR) is 71.7 cm³/mol. The zero-order valence-electron chi connectivity index (χ0n) is 11.5. The van der Waals surface area contributed by atoms with E-state index in [1.54, 1.807) is 0 Å². The van der Waals surface area contributed by atoms with Gasteiger partial charge >= 0.3 is 0 Å². The van der Waals surface area contributed by atoms with Crippen LogP contribution in [0.15, 0.2) is 6.07 Å². The van der Waals surface area contributed by atoms with Crippen molar-refractivity contribution in [3.8, 4) is 0 Å². The van der Waals surface area contributed by atoms with Crippen LogP contribution in [0.25, 0.3) is 0 Å². The van der Waals surface area contributed by atoms with Crippen LogP contribution in [0.4, 0.5) is 5.82 Å². The molecule has 1 rings (SSSR count). The number of rotatable bonds is 4. The molecule has 0 aliphatic carbocycles. The summed E-state index contributed by atoms with van der Waals surface area (Å²) in [4.78, 5) is 9.01. The third-order valence-corrected chi connectivity index (χ3v) is 2.63. The van der Waals surface area contributed by atoms with Gasteiger partial charge in [0, 0.05) is 17.9 Å². The fraction of sp³-hybridized carbons (Fsp3) is 0.692.